The van der Waals surface area contributed by atoms with Crippen molar-refractivity contribution < 1.29 is 0 Å². The fraction of sp³-hybridized carbons (Fsp3) is 0.357. The second-order valence-electron chi connectivity index (χ2n) is 4.51. The number of rotatable bonds is 5. The van der Waals surface area contributed by atoms with Gasteiger partial charge in [0.2, 0.25) is 0 Å². The Morgan fingerprint density at radius 1 is 1.24 bits per heavy atom. The van der Waals surface area contributed by atoms with Crippen molar-refractivity contribution in [2.75, 3.05) is 6.54 Å². The molecule has 3 heteroatoms. The number of hydrogen-bond donors (Lipinski definition) is 1. The molecule has 0 unspecified atom stereocenters. The molecule has 1 aromatic carbocycles. The molecule has 0 saturated heterocycles. The molecule has 2 nitrogen and oxygen atoms in total. The molecule has 0 aliphatic heterocycles. The molecule has 2 rings (SSSR count). The van der Waals surface area contributed by atoms with Gasteiger partial charge in [0.1, 0.15) is 0 Å². The molecular formula is C14H18N2S. The first-order chi connectivity index (χ1) is 8.27. The molecule has 17 heavy (non-hydrogen) atoms. The van der Waals surface area contributed by atoms with Crippen LogP contribution in [0.1, 0.15) is 18.7 Å². The maximum absolute atomic E-state index is 4.46. The summed E-state index contributed by atoms with van der Waals surface area (Å²) in [7, 11) is 0. The number of thiazole rings is 1. The molecule has 0 bridgehead atoms. The molecule has 0 atom stereocenters. The van der Waals surface area contributed by atoms with Gasteiger partial charge in [0.25, 0.3) is 0 Å². The number of nitrogens with zero attached hydrogens (tertiary/aromatic N) is 1. The third-order valence-corrected chi connectivity index (χ3v) is 3.36. The quantitative estimate of drug-likeness (QED) is 0.872. The van der Waals surface area contributed by atoms with Gasteiger partial charge in [0.05, 0.1) is 11.2 Å². The maximum atomic E-state index is 4.46. The highest BCUT2D eigenvalue weighted by molar-refractivity contribution is 7.10. The van der Waals surface area contributed by atoms with E-state index in [2.05, 4.69) is 48.4 Å². The molecule has 2 aromatic rings. The lowest BCUT2D eigenvalue weighted by Crippen LogP contribution is -2.18. The minimum Gasteiger partial charge on any atom is -0.312 e. The van der Waals surface area contributed by atoms with Crippen LogP contribution >= 0.6 is 11.3 Å². The highest BCUT2D eigenvalue weighted by atomic mass is 32.1. The molecule has 0 aliphatic rings. The van der Waals surface area contributed by atoms with E-state index in [1.807, 2.05) is 11.6 Å². The Morgan fingerprint density at radius 2 is 2.00 bits per heavy atom. The minimum atomic E-state index is 0.683. The van der Waals surface area contributed by atoms with Gasteiger partial charge in [-0.1, -0.05) is 44.2 Å². The smallest absolute Gasteiger partial charge is 0.0856 e. The summed E-state index contributed by atoms with van der Waals surface area (Å²) < 4.78 is 0. The molecular weight excluding hydrogens is 228 g/mol. The van der Waals surface area contributed by atoms with Gasteiger partial charge in [-0.25, -0.2) is 4.98 Å². The Labute approximate surface area is 107 Å². The normalized spacial score (nSPS) is 11.0. The summed E-state index contributed by atoms with van der Waals surface area (Å²) in [4.78, 5) is 5.78. The zero-order valence-electron chi connectivity index (χ0n) is 10.3. The van der Waals surface area contributed by atoms with Crippen LogP contribution in [0.4, 0.5) is 0 Å². The summed E-state index contributed by atoms with van der Waals surface area (Å²) in [6, 6.07) is 10.4. The molecule has 1 heterocycles. The maximum Gasteiger partial charge on any atom is 0.0856 e. The third kappa shape index (κ3) is 3.38. The Kier molecular flexibility index (Phi) is 4.29. The van der Waals surface area contributed by atoms with Crippen molar-refractivity contribution >= 4 is 11.3 Å². The fourth-order valence-electron chi connectivity index (χ4n) is 1.70. The first-order valence-electron chi connectivity index (χ1n) is 5.96. The van der Waals surface area contributed by atoms with Gasteiger partial charge in [0.15, 0.2) is 0 Å². The van der Waals surface area contributed by atoms with Crippen LogP contribution < -0.4 is 5.32 Å². The second kappa shape index (κ2) is 5.94. The zero-order valence-corrected chi connectivity index (χ0v) is 11.1. The summed E-state index contributed by atoms with van der Waals surface area (Å²) in [5, 5.41) is 3.47. The number of aromatic nitrogens is 1. The molecule has 0 saturated carbocycles. The predicted octanol–water partition coefficient (Wildman–Crippen LogP) is 3.56. The van der Waals surface area contributed by atoms with E-state index in [1.54, 1.807) is 11.3 Å². The van der Waals surface area contributed by atoms with E-state index in [0.29, 0.717) is 5.92 Å². The van der Waals surface area contributed by atoms with Gasteiger partial charge in [-0.2, -0.15) is 0 Å². The van der Waals surface area contributed by atoms with Crippen molar-refractivity contribution in [2.45, 2.75) is 20.4 Å². The highest BCUT2D eigenvalue weighted by Gasteiger charge is 2.07. The summed E-state index contributed by atoms with van der Waals surface area (Å²) in [6.45, 7) is 6.40. The number of nitrogens with one attached hydrogen (secondary N) is 1. The van der Waals surface area contributed by atoms with Gasteiger partial charge in [0, 0.05) is 17.0 Å². The number of benzene rings is 1. The first-order valence-corrected chi connectivity index (χ1v) is 6.84. The van der Waals surface area contributed by atoms with E-state index in [-0.39, 0.29) is 0 Å². The van der Waals surface area contributed by atoms with Crippen molar-refractivity contribution in [3.05, 3.63) is 40.7 Å². The predicted molar refractivity (Wildman–Crippen MR) is 74.1 cm³/mol. The van der Waals surface area contributed by atoms with Crippen molar-refractivity contribution in [3.8, 4) is 11.3 Å². The van der Waals surface area contributed by atoms with Crippen LogP contribution in [-0.2, 0) is 6.54 Å². The van der Waals surface area contributed by atoms with Crippen LogP contribution in [0.2, 0.25) is 0 Å². The van der Waals surface area contributed by atoms with E-state index in [4.69, 9.17) is 0 Å². The van der Waals surface area contributed by atoms with Gasteiger partial charge in [-0.05, 0) is 12.5 Å². The Morgan fingerprint density at radius 3 is 2.71 bits per heavy atom. The van der Waals surface area contributed by atoms with E-state index >= 15 is 0 Å². The highest BCUT2D eigenvalue weighted by Crippen LogP contribution is 2.24. The van der Waals surface area contributed by atoms with Crippen LogP contribution in [0.15, 0.2) is 35.8 Å². The zero-order chi connectivity index (χ0) is 12.1. The van der Waals surface area contributed by atoms with Gasteiger partial charge < -0.3 is 5.32 Å². The largest absolute Gasteiger partial charge is 0.312 e. The topological polar surface area (TPSA) is 24.9 Å². The van der Waals surface area contributed by atoms with Crippen LogP contribution in [0.3, 0.4) is 0 Å². The van der Waals surface area contributed by atoms with Crippen LogP contribution in [0.25, 0.3) is 11.3 Å². The average Bonchev–Trinajstić information content (AvgIpc) is 2.78. The molecule has 0 spiro atoms. The Bertz CT molecular complexity index is 448. The summed E-state index contributed by atoms with van der Waals surface area (Å²) in [6.07, 6.45) is 0. The Balaban J connectivity index is 2.07. The van der Waals surface area contributed by atoms with E-state index in [0.717, 1.165) is 18.8 Å². The molecule has 0 aliphatic carbocycles. The minimum absolute atomic E-state index is 0.683. The summed E-state index contributed by atoms with van der Waals surface area (Å²) in [5.41, 5.74) is 4.25. The van der Waals surface area contributed by atoms with Crippen molar-refractivity contribution in [1.82, 2.24) is 10.3 Å². The monoisotopic (exact) mass is 246 g/mol. The lowest BCUT2D eigenvalue weighted by atomic mass is 10.1. The summed E-state index contributed by atoms with van der Waals surface area (Å²) in [5.74, 6) is 0.683. The lowest BCUT2D eigenvalue weighted by Gasteiger charge is -2.07. The SMILES string of the molecule is CC(C)CNCc1scnc1-c1ccccc1. The average molecular weight is 246 g/mol. The van der Waals surface area contributed by atoms with Crippen molar-refractivity contribution in [3.63, 3.8) is 0 Å². The fourth-order valence-corrected chi connectivity index (χ4v) is 2.45. The molecule has 90 valence electrons. The van der Waals surface area contributed by atoms with E-state index in [9.17, 15) is 0 Å². The molecule has 1 N–H and O–H groups in total. The first kappa shape index (κ1) is 12.3. The molecule has 0 amide bonds. The van der Waals surface area contributed by atoms with E-state index in [1.165, 1.54) is 10.4 Å². The number of hydrogen-bond acceptors (Lipinski definition) is 3. The summed E-state index contributed by atoms with van der Waals surface area (Å²) >= 11 is 1.72. The van der Waals surface area contributed by atoms with Gasteiger partial charge in [-0.15, -0.1) is 11.3 Å². The van der Waals surface area contributed by atoms with E-state index < -0.39 is 0 Å². The molecule has 0 fully saturated rings. The van der Waals surface area contributed by atoms with Crippen LogP contribution in [0.5, 0.6) is 0 Å². The standard InChI is InChI=1S/C14H18N2S/c1-11(2)8-15-9-13-14(16-10-17-13)12-6-4-3-5-7-12/h3-7,10-11,15H,8-9H2,1-2H3. The van der Waals surface area contributed by atoms with Gasteiger partial charge >= 0.3 is 0 Å². The van der Waals surface area contributed by atoms with Crippen LogP contribution in [-0.4, -0.2) is 11.5 Å². The molecule has 1 aromatic heterocycles. The Hall–Kier alpha value is -1.19. The second-order valence-corrected chi connectivity index (χ2v) is 5.45. The lowest BCUT2D eigenvalue weighted by molar-refractivity contribution is 0.555. The molecule has 0 radical (unpaired) electrons. The third-order valence-electron chi connectivity index (χ3n) is 2.53. The van der Waals surface area contributed by atoms with Gasteiger partial charge in [-0.3, -0.25) is 0 Å². The van der Waals surface area contributed by atoms with Crippen molar-refractivity contribution in [1.29, 1.82) is 0 Å². The van der Waals surface area contributed by atoms with Crippen molar-refractivity contribution in [2.24, 2.45) is 5.92 Å². The van der Waals surface area contributed by atoms with Crippen LogP contribution in [0, 0.1) is 5.92 Å².